The van der Waals surface area contributed by atoms with Gasteiger partial charge in [0.15, 0.2) is 5.78 Å². The van der Waals surface area contributed by atoms with E-state index in [4.69, 9.17) is 9.47 Å². The lowest BCUT2D eigenvalue weighted by molar-refractivity contribution is -0.142. The first-order chi connectivity index (χ1) is 10.2. The number of hydrogen-bond acceptors (Lipinski definition) is 5. The Hall–Kier alpha value is -1.65. The van der Waals surface area contributed by atoms with E-state index < -0.39 is 0 Å². The van der Waals surface area contributed by atoms with Gasteiger partial charge in [-0.3, -0.25) is 14.4 Å². The molecule has 0 N–H and O–H groups in total. The fourth-order valence-corrected chi connectivity index (χ4v) is 3.23. The van der Waals surface area contributed by atoms with Gasteiger partial charge in [0.2, 0.25) is 0 Å². The molecule has 4 atom stereocenters. The number of fused-ring (bicyclic) bond motifs is 1. The van der Waals surface area contributed by atoms with Gasteiger partial charge >= 0.3 is 5.97 Å². The summed E-state index contributed by atoms with van der Waals surface area (Å²) in [6.45, 7) is 2.52. The molecular weight excluding hydrogens is 272 g/mol. The summed E-state index contributed by atoms with van der Waals surface area (Å²) >= 11 is 0. The number of rotatable bonds is 8. The molecule has 0 aromatic heterocycles. The van der Waals surface area contributed by atoms with Crippen molar-refractivity contribution in [2.75, 3.05) is 0 Å². The third-order valence-electron chi connectivity index (χ3n) is 4.31. The topological polar surface area (TPSA) is 69.7 Å². The van der Waals surface area contributed by atoms with Gasteiger partial charge < -0.3 is 9.47 Å². The van der Waals surface area contributed by atoms with E-state index in [9.17, 15) is 14.4 Å². The van der Waals surface area contributed by atoms with Crippen LogP contribution in [0.4, 0.5) is 0 Å². The predicted octanol–water partition coefficient (Wildman–Crippen LogP) is 2.19. The van der Waals surface area contributed by atoms with E-state index >= 15 is 0 Å². The zero-order chi connectivity index (χ0) is 15.2. The Kier molecular flexibility index (Phi) is 5.53. The molecule has 0 spiro atoms. The molecule has 0 aromatic rings. The molecule has 116 valence electrons. The molecule has 0 amide bonds. The monoisotopic (exact) mass is 294 g/mol. The fourth-order valence-electron chi connectivity index (χ4n) is 3.23. The highest BCUT2D eigenvalue weighted by molar-refractivity contribution is 5.89. The van der Waals surface area contributed by atoms with Crippen LogP contribution in [-0.4, -0.2) is 30.4 Å². The van der Waals surface area contributed by atoms with Crippen molar-refractivity contribution >= 4 is 18.2 Å². The highest BCUT2D eigenvalue weighted by Crippen LogP contribution is 2.43. The van der Waals surface area contributed by atoms with Gasteiger partial charge in [0, 0.05) is 24.7 Å². The number of carbonyl (C=O) groups is 3. The number of carbonyl (C=O) groups excluding carboxylic acids is 3. The van der Waals surface area contributed by atoms with E-state index in [1.807, 2.05) is 0 Å². The number of esters is 1. The Morgan fingerprint density at radius 1 is 1.43 bits per heavy atom. The third kappa shape index (κ3) is 3.93. The van der Waals surface area contributed by atoms with Gasteiger partial charge in [-0.1, -0.05) is 25.8 Å². The molecule has 2 fully saturated rings. The average Bonchev–Trinajstić information content (AvgIpc) is 2.93. The zero-order valence-electron chi connectivity index (χ0n) is 12.3. The molecule has 1 unspecified atom stereocenters. The van der Waals surface area contributed by atoms with Crippen molar-refractivity contribution in [1.29, 1.82) is 0 Å². The second-order valence-electron chi connectivity index (χ2n) is 5.76. The molecule has 1 heterocycles. The molecule has 1 saturated heterocycles. The average molecular weight is 294 g/mol. The quantitative estimate of drug-likeness (QED) is 0.297. The van der Waals surface area contributed by atoms with E-state index in [2.05, 4.69) is 6.92 Å². The molecule has 1 aliphatic heterocycles. The first kappa shape index (κ1) is 15.7. The van der Waals surface area contributed by atoms with E-state index in [-0.39, 0.29) is 35.8 Å². The summed E-state index contributed by atoms with van der Waals surface area (Å²) < 4.78 is 10.3. The van der Waals surface area contributed by atoms with Crippen molar-refractivity contribution in [1.82, 2.24) is 0 Å². The summed E-state index contributed by atoms with van der Waals surface area (Å²) in [7, 11) is 0. The van der Waals surface area contributed by atoms with Gasteiger partial charge in [0.1, 0.15) is 12.2 Å². The summed E-state index contributed by atoms with van der Waals surface area (Å²) in [6.07, 6.45) is 7.31. The molecule has 21 heavy (non-hydrogen) atoms. The minimum absolute atomic E-state index is 0.0159. The van der Waals surface area contributed by atoms with Crippen molar-refractivity contribution in [2.45, 2.75) is 57.7 Å². The van der Waals surface area contributed by atoms with Gasteiger partial charge in [-0.2, -0.15) is 0 Å². The lowest BCUT2D eigenvalue weighted by Crippen LogP contribution is -2.21. The number of hydrogen-bond donors (Lipinski definition) is 0. The van der Waals surface area contributed by atoms with Crippen LogP contribution in [0.25, 0.3) is 0 Å². The summed E-state index contributed by atoms with van der Waals surface area (Å²) in [5.41, 5.74) is 0. The molecule has 5 nitrogen and oxygen atoms in total. The van der Waals surface area contributed by atoms with Crippen LogP contribution in [0.5, 0.6) is 0 Å². The lowest BCUT2D eigenvalue weighted by atomic mass is 9.91. The van der Waals surface area contributed by atoms with Gasteiger partial charge in [0.05, 0.1) is 6.42 Å². The third-order valence-corrected chi connectivity index (χ3v) is 4.31. The van der Waals surface area contributed by atoms with Crippen molar-refractivity contribution in [3.05, 3.63) is 12.2 Å². The number of allylic oxidation sites excluding steroid dienone is 1. The van der Waals surface area contributed by atoms with Crippen LogP contribution in [0.3, 0.4) is 0 Å². The van der Waals surface area contributed by atoms with Crippen LogP contribution in [0, 0.1) is 11.8 Å². The molecule has 5 heteroatoms. The van der Waals surface area contributed by atoms with Crippen LogP contribution >= 0.6 is 0 Å². The van der Waals surface area contributed by atoms with Gasteiger partial charge in [0.25, 0.3) is 6.47 Å². The zero-order valence-corrected chi connectivity index (χ0v) is 12.3. The number of ether oxygens (including phenoxy) is 2. The highest BCUT2D eigenvalue weighted by Gasteiger charge is 2.50. The van der Waals surface area contributed by atoms with E-state index in [1.54, 1.807) is 12.2 Å². The van der Waals surface area contributed by atoms with Crippen molar-refractivity contribution in [2.24, 2.45) is 11.8 Å². The van der Waals surface area contributed by atoms with Gasteiger partial charge in [-0.25, -0.2) is 0 Å². The standard InChI is InChI=1S/C16H22O5/c1-2-3-4-5-11(18)6-7-12-13-8-16(19)21-15(13)9-14(12)20-10-17/h6-7,10,12-15H,2-5,8-9H2,1H3/t12-,13-,14-,15?/m1/s1. The van der Waals surface area contributed by atoms with Crippen molar-refractivity contribution in [3.8, 4) is 0 Å². The normalized spacial score (nSPS) is 31.2. The van der Waals surface area contributed by atoms with E-state index in [0.29, 0.717) is 25.7 Å². The maximum absolute atomic E-state index is 11.8. The molecular formula is C16H22O5. The predicted molar refractivity (Wildman–Crippen MR) is 75.3 cm³/mol. The van der Waals surface area contributed by atoms with Crippen LogP contribution < -0.4 is 0 Å². The van der Waals surface area contributed by atoms with Gasteiger partial charge in [-0.15, -0.1) is 0 Å². The second kappa shape index (κ2) is 7.38. The minimum Gasteiger partial charge on any atom is -0.464 e. The van der Waals surface area contributed by atoms with Crippen LogP contribution in [0.1, 0.15) is 45.4 Å². The first-order valence-electron chi connectivity index (χ1n) is 7.65. The molecule has 0 radical (unpaired) electrons. The molecule has 2 rings (SSSR count). The Morgan fingerprint density at radius 2 is 2.24 bits per heavy atom. The van der Waals surface area contributed by atoms with Crippen LogP contribution in [-0.2, 0) is 23.9 Å². The Morgan fingerprint density at radius 3 is 2.95 bits per heavy atom. The van der Waals surface area contributed by atoms with Gasteiger partial charge in [-0.05, 0) is 12.5 Å². The van der Waals surface area contributed by atoms with Crippen molar-refractivity contribution < 1.29 is 23.9 Å². The Bertz CT molecular complexity index is 428. The Labute approximate surface area is 124 Å². The maximum Gasteiger partial charge on any atom is 0.306 e. The number of unbranched alkanes of at least 4 members (excludes halogenated alkanes) is 2. The minimum atomic E-state index is -0.301. The maximum atomic E-state index is 11.8. The molecule has 2 aliphatic rings. The molecule has 0 aromatic carbocycles. The molecule has 0 bridgehead atoms. The number of ketones is 1. The van der Waals surface area contributed by atoms with Crippen LogP contribution in [0.2, 0.25) is 0 Å². The van der Waals surface area contributed by atoms with E-state index in [0.717, 1.165) is 19.3 Å². The summed E-state index contributed by atoms with van der Waals surface area (Å²) in [5, 5.41) is 0. The smallest absolute Gasteiger partial charge is 0.306 e. The highest BCUT2D eigenvalue weighted by atomic mass is 16.6. The lowest BCUT2D eigenvalue weighted by Gasteiger charge is -2.17. The molecule has 1 aliphatic carbocycles. The molecule has 1 saturated carbocycles. The van der Waals surface area contributed by atoms with Crippen LogP contribution in [0.15, 0.2) is 12.2 Å². The van der Waals surface area contributed by atoms with Crippen molar-refractivity contribution in [3.63, 3.8) is 0 Å². The summed E-state index contributed by atoms with van der Waals surface area (Å²) in [6, 6.07) is 0. The SMILES string of the molecule is CCCCCC(=O)C=C[C@H]1[C@H](OC=O)CC2OC(=O)C[C@@H]21. The van der Waals surface area contributed by atoms with E-state index in [1.165, 1.54) is 0 Å². The second-order valence-corrected chi connectivity index (χ2v) is 5.76. The summed E-state index contributed by atoms with van der Waals surface area (Å²) in [5.74, 6) is -0.215. The Balaban J connectivity index is 1.95. The largest absolute Gasteiger partial charge is 0.464 e. The fraction of sp³-hybridized carbons (Fsp3) is 0.688. The summed E-state index contributed by atoms with van der Waals surface area (Å²) in [4.78, 5) is 33.7. The first-order valence-corrected chi connectivity index (χ1v) is 7.65.